The Morgan fingerprint density at radius 3 is 2.77 bits per heavy atom. The molecule has 1 aliphatic rings. The van der Waals surface area contributed by atoms with Crippen LogP contribution >= 0.6 is 0 Å². The number of amides is 2. The lowest BCUT2D eigenvalue weighted by molar-refractivity contribution is -0.114. The van der Waals surface area contributed by atoms with E-state index < -0.39 is 0 Å². The fourth-order valence-corrected chi connectivity index (χ4v) is 2.02. The third-order valence-corrected chi connectivity index (χ3v) is 3.02. The number of hydrogen-bond acceptors (Lipinski definition) is 5. The Labute approximate surface area is 126 Å². The molecule has 3 rings (SSSR count). The van der Waals surface area contributed by atoms with E-state index in [-0.39, 0.29) is 30.3 Å². The second-order valence-electron chi connectivity index (χ2n) is 4.72. The molecule has 2 aromatic rings. The van der Waals surface area contributed by atoms with Crippen molar-refractivity contribution in [2.45, 2.75) is 13.5 Å². The summed E-state index contributed by atoms with van der Waals surface area (Å²) < 4.78 is 15.7. The normalized spacial score (nSPS) is 12.0. The second kappa shape index (κ2) is 5.80. The van der Waals surface area contributed by atoms with Crippen molar-refractivity contribution in [1.82, 2.24) is 5.32 Å². The highest BCUT2D eigenvalue weighted by molar-refractivity contribution is 5.93. The van der Waals surface area contributed by atoms with E-state index >= 15 is 0 Å². The van der Waals surface area contributed by atoms with Crippen molar-refractivity contribution in [3.05, 3.63) is 41.7 Å². The minimum atomic E-state index is -0.366. The molecule has 2 heterocycles. The van der Waals surface area contributed by atoms with Gasteiger partial charge in [0, 0.05) is 19.5 Å². The van der Waals surface area contributed by atoms with Gasteiger partial charge in [0.15, 0.2) is 23.1 Å². The maximum atomic E-state index is 12.0. The van der Waals surface area contributed by atoms with Gasteiger partial charge in [-0.05, 0) is 23.8 Å². The summed E-state index contributed by atoms with van der Waals surface area (Å²) in [7, 11) is 0. The number of nitrogens with one attached hydrogen (secondary N) is 2. The molecule has 0 fully saturated rings. The summed E-state index contributed by atoms with van der Waals surface area (Å²) in [6.45, 7) is 1.90. The number of fused-ring (bicyclic) bond motifs is 1. The molecule has 0 atom stereocenters. The standard InChI is InChI=1S/C15H14N2O5/c1-9(18)17-14-5-4-12(22-14)15(19)16-7-10-2-3-11-13(6-10)21-8-20-11/h2-6H,7-8H2,1H3,(H,16,19)(H,17,18). The molecule has 0 spiro atoms. The molecular weight excluding hydrogens is 288 g/mol. The fraction of sp³-hybridized carbons (Fsp3) is 0.200. The highest BCUT2D eigenvalue weighted by Crippen LogP contribution is 2.32. The fourth-order valence-electron chi connectivity index (χ4n) is 2.02. The van der Waals surface area contributed by atoms with Gasteiger partial charge >= 0.3 is 0 Å². The second-order valence-corrected chi connectivity index (χ2v) is 4.72. The molecule has 1 aromatic carbocycles. The molecule has 0 unspecified atom stereocenters. The van der Waals surface area contributed by atoms with Crippen molar-refractivity contribution in [2.24, 2.45) is 0 Å². The van der Waals surface area contributed by atoms with Gasteiger partial charge in [0.2, 0.25) is 12.7 Å². The van der Waals surface area contributed by atoms with Crippen molar-refractivity contribution in [3.63, 3.8) is 0 Å². The summed E-state index contributed by atoms with van der Waals surface area (Å²) in [6, 6.07) is 8.48. The Bertz CT molecular complexity index is 722. The van der Waals surface area contributed by atoms with E-state index in [0.29, 0.717) is 18.0 Å². The Morgan fingerprint density at radius 1 is 1.14 bits per heavy atom. The van der Waals surface area contributed by atoms with Crippen LogP contribution in [0.4, 0.5) is 5.88 Å². The summed E-state index contributed by atoms with van der Waals surface area (Å²) in [5.74, 6) is 1.10. The summed E-state index contributed by atoms with van der Waals surface area (Å²) in [4.78, 5) is 22.9. The van der Waals surface area contributed by atoms with Crippen LogP contribution < -0.4 is 20.1 Å². The topological polar surface area (TPSA) is 89.8 Å². The average Bonchev–Trinajstić information content (AvgIpc) is 3.12. The Hall–Kier alpha value is -2.96. The van der Waals surface area contributed by atoms with Gasteiger partial charge in [0.05, 0.1) is 0 Å². The molecule has 0 aliphatic carbocycles. The lowest BCUT2D eigenvalue weighted by Gasteiger charge is -2.04. The predicted molar refractivity (Wildman–Crippen MR) is 76.7 cm³/mol. The first-order valence-electron chi connectivity index (χ1n) is 6.66. The predicted octanol–water partition coefficient (Wildman–Crippen LogP) is 1.90. The van der Waals surface area contributed by atoms with Crippen molar-refractivity contribution in [3.8, 4) is 11.5 Å². The number of carbonyl (C=O) groups is 2. The molecule has 114 valence electrons. The summed E-state index contributed by atoms with van der Waals surface area (Å²) >= 11 is 0. The van der Waals surface area contributed by atoms with Crippen LogP contribution in [-0.4, -0.2) is 18.6 Å². The van der Waals surface area contributed by atoms with E-state index in [2.05, 4.69) is 10.6 Å². The smallest absolute Gasteiger partial charge is 0.287 e. The quantitative estimate of drug-likeness (QED) is 0.900. The average molecular weight is 302 g/mol. The third kappa shape index (κ3) is 3.03. The number of benzene rings is 1. The molecule has 0 saturated carbocycles. The maximum Gasteiger partial charge on any atom is 0.287 e. The maximum absolute atomic E-state index is 12.0. The Morgan fingerprint density at radius 2 is 1.95 bits per heavy atom. The highest BCUT2D eigenvalue weighted by Gasteiger charge is 2.15. The van der Waals surface area contributed by atoms with Crippen LogP contribution in [-0.2, 0) is 11.3 Å². The van der Waals surface area contributed by atoms with Crippen LogP contribution in [0.15, 0.2) is 34.7 Å². The number of anilines is 1. The number of carbonyl (C=O) groups excluding carboxylic acids is 2. The first kappa shape index (κ1) is 14.0. The van der Waals surface area contributed by atoms with Gasteiger partial charge in [0.25, 0.3) is 5.91 Å². The molecule has 1 aromatic heterocycles. The molecular formula is C15H14N2O5. The first-order valence-corrected chi connectivity index (χ1v) is 6.66. The molecule has 0 saturated heterocycles. The van der Waals surface area contributed by atoms with E-state index in [9.17, 15) is 9.59 Å². The minimum absolute atomic E-state index is 0.129. The van der Waals surface area contributed by atoms with E-state index in [1.807, 2.05) is 12.1 Å². The Balaban J connectivity index is 1.60. The van der Waals surface area contributed by atoms with Gasteiger partial charge in [-0.25, -0.2) is 0 Å². The van der Waals surface area contributed by atoms with Gasteiger partial charge in [-0.2, -0.15) is 0 Å². The molecule has 2 amide bonds. The van der Waals surface area contributed by atoms with Crippen LogP contribution in [0.3, 0.4) is 0 Å². The van der Waals surface area contributed by atoms with Crippen LogP contribution in [0.25, 0.3) is 0 Å². The third-order valence-electron chi connectivity index (χ3n) is 3.02. The zero-order chi connectivity index (χ0) is 15.5. The highest BCUT2D eigenvalue weighted by atomic mass is 16.7. The zero-order valence-electron chi connectivity index (χ0n) is 11.8. The molecule has 0 radical (unpaired) electrons. The van der Waals surface area contributed by atoms with Gasteiger partial charge in [0.1, 0.15) is 0 Å². The number of furan rings is 1. The van der Waals surface area contributed by atoms with Crippen molar-refractivity contribution < 1.29 is 23.5 Å². The van der Waals surface area contributed by atoms with Crippen molar-refractivity contribution in [1.29, 1.82) is 0 Å². The summed E-state index contributed by atoms with van der Waals surface area (Å²) in [6.07, 6.45) is 0. The van der Waals surface area contributed by atoms with Gasteiger partial charge in [-0.3, -0.25) is 14.9 Å². The van der Waals surface area contributed by atoms with Gasteiger partial charge < -0.3 is 19.2 Å². The van der Waals surface area contributed by atoms with E-state index in [0.717, 1.165) is 5.56 Å². The van der Waals surface area contributed by atoms with Crippen LogP contribution in [0.5, 0.6) is 11.5 Å². The lowest BCUT2D eigenvalue weighted by atomic mass is 10.2. The number of hydrogen-bond donors (Lipinski definition) is 2. The van der Waals surface area contributed by atoms with Gasteiger partial charge in [-0.15, -0.1) is 0 Å². The summed E-state index contributed by atoms with van der Waals surface area (Å²) in [5, 5.41) is 5.20. The van der Waals surface area contributed by atoms with Crippen LogP contribution in [0, 0.1) is 0 Å². The first-order chi connectivity index (χ1) is 10.6. The molecule has 22 heavy (non-hydrogen) atoms. The van der Waals surface area contributed by atoms with Crippen LogP contribution in [0.2, 0.25) is 0 Å². The van der Waals surface area contributed by atoms with E-state index in [4.69, 9.17) is 13.9 Å². The number of rotatable bonds is 4. The SMILES string of the molecule is CC(=O)Nc1ccc(C(=O)NCc2ccc3c(c2)OCO3)o1. The van der Waals surface area contributed by atoms with E-state index in [1.54, 1.807) is 6.07 Å². The zero-order valence-corrected chi connectivity index (χ0v) is 11.8. The molecule has 0 bridgehead atoms. The number of ether oxygens (including phenoxy) is 2. The monoisotopic (exact) mass is 302 g/mol. The minimum Gasteiger partial charge on any atom is -0.454 e. The summed E-state index contributed by atoms with van der Waals surface area (Å²) in [5.41, 5.74) is 0.881. The Kier molecular flexibility index (Phi) is 3.69. The largest absolute Gasteiger partial charge is 0.454 e. The molecule has 7 heteroatoms. The molecule has 7 nitrogen and oxygen atoms in total. The molecule has 1 aliphatic heterocycles. The van der Waals surface area contributed by atoms with Crippen LogP contribution in [0.1, 0.15) is 23.0 Å². The van der Waals surface area contributed by atoms with Crippen molar-refractivity contribution in [2.75, 3.05) is 12.1 Å². The lowest BCUT2D eigenvalue weighted by Crippen LogP contribution is -2.22. The molecule has 2 N–H and O–H groups in total. The van der Waals surface area contributed by atoms with Gasteiger partial charge in [-0.1, -0.05) is 6.07 Å². The van der Waals surface area contributed by atoms with E-state index in [1.165, 1.54) is 19.1 Å². The van der Waals surface area contributed by atoms with Crippen molar-refractivity contribution >= 4 is 17.7 Å².